The van der Waals surface area contributed by atoms with Crippen LogP contribution in [0.3, 0.4) is 0 Å². The number of sulfonamides is 1. The number of fused-ring (bicyclic) bond motifs is 1. The smallest absolute Gasteiger partial charge is 0.249 e. The average molecular weight is 393 g/mol. The van der Waals surface area contributed by atoms with Crippen LogP contribution in [-0.4, -0.2) is 19.9 Å². The number of rotatable bonds is 4. The maximum absolute atomic E-state index is 13.4. The van der Waals surface area contributed by atoms with Crippen molar-refractivity contribution in [1.82, 2.24) is 4.98 Å². The van der Waals surface area contributed by atoms with Gasteiger partial charge in [0.15, 0.2) is 0 Å². The van der Waals surface area contributed by atoms with E-state index < -0.39 is 10.0 Å². The third kappa shape index (κ3) is 3.20. The van der Waals surface area contributed by atoms with Gasteiger partial charge < -0.3 is 0 Å². The Balaban J connectivity index is 1.80. The van der Waals surface area contributed by atoms with Gasteiger partial charge in [0.25, 0.3) is 10.0 Å². The van der Waals surface area contributed by atoms with Gasteiger partial charge in [0.2, 0.25) is 0 Å². The van der Waals surface area contributed by atoms with E-state index in [0.29, 0.717) is 17.3 Å². The molecule has 2 heterocycles. The van der Waals surface area contributed by atoms with Gasteiger partial charge in [-0.1, -0.05) is 61.0 Å². The van der Waals surface area contributed by atoms with Crippen LogP contribution in [0, 0.1) is 13.8 Å². The Morgan fingerprint density at radius 1 is 1.00 bits per heavy atom. The fraction of sp³-hybridized carbons (Fsp3) is 0.261. The lowest BCUT2D eigenvalue weighted by atomic mass is 9.79. The van der Waals surface area contributed by atoms with E-state index in [9.17, 15) is 8.42 Å². The predicted octanol–water partition coefficient (Wildman–Crippen LogP) is 4.41. The summed E-state index contributed by atoms with van der Waals surface area (Å²) in [5, 5.41) is 0. The molecular formula is C23H24N2O2S. The van der Waals surface area contributed by atoms with Crippen molar-refractivity contribution in [2.45, 2.75) is 37.5 Å². The third-order valence-corrected chi connectivity index (χ3v) is 7.18. The highest BCUT2D eigenvalue weighted by Gasteiger charge is 2.45. The van der Waals surface area contributed by atoms with E-state index in [1.165, 1.54) is 9.87 Å². The molecule has 4 rings (SSSR count). The van der Waals surface area contributed by atoms with Crippen LogP contribution in [-0.2, 0) is 21.9 Å². The number of nitrogens with zero attached hydrogens (tertiary/aromatic N) is 2. The number of aromatic nitrogens is 1. The first kappa shape index (κ1) is 18.7. The van der Waals surface area contributed by atoms with Gasteiger partial charge in [-0.15, -0.1) is 0 Å². The molecule has 0 spiro atoms. The third-order valence-electron chi connectivity index (χ3n) is 5.43. The largest absolute Gasteiger partial charge is 0.265 e. The fourth-order valence-corrected chi connectivity index (χ4v) is 5.48. The Morgan fingerprint density at radius 2 is 1.68 bits per heavy atom. The highest BCUT2D eigenvalue weighted by Crippen LogP contribution is 2.44. The second kappa shape index (κ2) is 6.74. The molecule has 28 heavy (non-hydrogen) atoms. The summed E-state index contributed by atoms with van der Waals surface area (Å²) < 4.78 is 28.3. The summed E-state index contributed by atoms with van der Waals surface area (Å²) in [6, 6.07) is 19.3. The molecule has 0 amide bonds. The molecule has 2 aromatic carbocycles. The van der Waals surface area contributed by atoms with Gasteiger partial charge in [-0.3, -0.25) is 0 Å². The highest BCUT2D eigenvalue weighted by atomic mass is 32.2. The van der Waals surface area contributed by atoms with Crippen LogP contribution in [0.25, 0.3) is 0 Å². The zero-order chi connectivity index (χ0) is 19.9. The van der Waals surface area contributed by atoms with Gasteiger partial charge in [0, 0.05) is 23.7 Å². The van der Waals surface area contributed by atoms with Crippen molar-refractivity contribution < 1.29 is 8.42 Å². The summed E-state index contributed by atoms with van der Waals surface area (Å²) >= 11 is 0. The molecule has 1 aromatic heterocycles. The lowest BCUT2D eigenvalue weighted by Gasteiger charge is -2.26. The maximum Gasteiger partial charge on any atom is 0.265 e. The topological polar surface area (TPSA) is 50.3 Å². The molecule has 0 bridgehead atoms. The van der Waals surface area contributed by atoms with Crippen molar-refractivity contribution in [3.63, 3.8) is 0 Å². The van der Waals surface area contributed by atoms with Crippen molar-refractivity contribution in [3.8, 4) is 0 Å². The van der Waals surface area contributed by atoms with E-state index in [1.807, 2.05) is 44.2 Å². The molecule has 0 saturated heterocycles. The molecule has 0 fully saturated rings. The quantitative estimate of drug-likeness (QED) is 0.661. The monoisotopic (exact) mass is 392 g/mol. The Kier molecular flexibility index (Phi) is 4.50. The van der Waals surface area contributed by atoms with Crippen LogP contribution in [0.1, 0.15) is 29.2 Å². The summed E-state index contributed by atoms with van der Waals surface area (Å²) in [7, 11) is -3.67. The number of pyridine rings is 1. The lowest BCUT2D eigenvalue weighted by Crippen LogP contribution is -2.36. The Hall–Kier alpha value is -2.66. The van der Waals surface area contributed by atoms with Gasteiger partial charge in [0.1, 0.15) is 5.82 Å². The molecule has 3 aromatic rings. The number of hydrogen-bond donors (Lipinski definition) is 0. The summed E-state index contributed by atoms with van der Waals surface area (Å²) in [6.07, 6.45) is 2.50. The molecule has 4 nitrogen and oxygen atoms in total. The maximum atomic E-state index is 13.4. The van der Waals surface area contributed by atoms with Crippen molar-refractivity contribution in [2.75, 3.05) is 10.8 Å². The van der Waals surface area contributed by atoms with E-state index >= 15 is 0 Å². The number of aryl methyl sites for hydroxylation is 2. The SMILES string of the molecule is Cc1ccc(S(=O)(=O)N2C[C@@](C)(Cc3ccccc3)c3cc(C)cnc32)cc1. The van der Waals surface area contributed by atoms with E-state index in [0.717, 1.165) is 23.1 Å². The molecule has 144 valence electrons. The number of hydrogen-bond acceptors (Lipinski definition) is 3. The van der Waals surface area contributed by atoms with Crippen LogP contribution in [0.5, 0.6) is 0 Å². The fourth-order valence-electron chi connectivity index (χ4n) is 3.92. The normalized spacial score (nSPS) is 18.9. The summed E-state index contributed by atoms with van der Waals surface area (Å²) in [5.74, 6) is 0.546. The summed E-state index contributed by atoms with van der Waals surface area (Å²) in [6.45, 7) is 6.45. The van der Waals surface area contributed by atoms with Gasteiger partial charge >= 0.3 is 0 Å². The van der Waals surface area contributed by atoms with Crippen LogP contribution in [0.2, 0.25) is 0 Å². The van der Waals surface area contributed by atoms with Crippen LogP contribution < -0.4 is 4.31 Å². The molecule has 0 aliphatic carbocycles. The Bertz CT molecular complexity index is 1110. The van der Waals surface area contributed by atoms with Gasteiger partial charge in [0.05, 0.1) is 4.90 Å². The molecular weight excluding hydrogens is 368 g/mol. The Morgan fingerprint density at radius 3 is 2.36 bits per heavy atom. The van der Waals surface area contributed by atoms with Crippen LogP contribution in [0.4, 0.5) is 5.82 Å². The highest BCUT2D eigenvalue weighted by molar-refractivity contribution is 7.92. The molecule has 0 N–H and O–H groups in total. The molecule has 0 saturated carbocycles. The van der Waals surface area contributed by atoms with E-state index in [-0.39, 0.29) is 5.41 Å². The zero-order valence-electron chi connectivity index (χ0n) is 16.4. The number of anilines is 1. The minimum atomic E-state index is -3.67. The molecule has 5 heteroatoms. The first-order chi connectivity index (χ1) is 13.3. The molecule has 1 aliphatic rings. The van der Waals surface area contributed by atoms with Crippen LogP contribution in [0.15, 0.2) is 71.8 Å². The first-order valence-corrected chi connectivity index (χ1v) is 10.8. The van der Waals surface area contributed by atoms with Crippen molar-refractivity contribution in [3.05, 3.63) is 89.1 Å². The first-order valence-electron chi connectivity index (χ1n) is 9.40. The van der Waals surface area contributed by atoms with E-state index in [2.05, 4.69) is 30.1 Å². The second-order valence-corrected chi connectivity index (χ2v) is 9.79. The summed E-state index contributed by atoms with van der Waals surface area (Å²) in [5.41, 5.74) is 3.91. The Labute approximate surface area is 166 Å². The number of benzene rings is 2. The average Bonchev–Trinajstić information content (AvgIpc) is 2.96. The summed E-state index contributed by atoms with van der Waals surface area (Å²) in [4.78, 5) is 4.83. The molecule has 0 radical (unpaired) electrons. The second-order valence-electron chi connectivity index (χ2n) is 7.93. The predicted molar refractivity (Wildman–Crippen MR) is 112 cm³/mol. The van der Waals surface area contributed by atoms with Gasteiger partial charge in [-0.25, -0.2) is 17.7 Å². The van der Waals surface area contributed by atoms with Gasteiger partial charge in [-0.05, 0) is 43.5 Å². The minimum absolute atomic E-state index is 0.301. The molecule has 1 aliphatic heterocycles. The lowest BCUT2D eigenvalue weighted by molar-refractivity contribution is 0.504. The van der Waals surface area contributed by atoms with E-state index in [1.54, 1.807) is 18.3 Å². The molecule has 1 atom stereocenters. The minimum Gasteiger partial charge on any atom is -0.249 e. The van der Waals surface area contributed by atoms with Crippen molar-refractivity contribution >= 4 is 15.8 Å². The molecule has 0 unspecified atom stereocenters. The van der Waals surface area contributed by atoms with E-state index in [4.69, 9.17) is 0 Å². The zero-order valence-corrected chi connectivity index (χ0v) is 17.2. The standard InChI is InChI=1S/C23H24N2O2S/c1-17-9-11-20(12-10-17)28(26,27)25-16-23(3,14-19-7-5-4-6-8-19)21-13-18(2)15-24-22(21)25/h4-13,15H,14,16H2,1-3H3/t23-/m1/s1. The van der Waals surface area contributed by atoms with Crippen molar-refractivity contribution in [1.29, 1.82) is 0 Å². The van der Waals surface area contributed by atoms with Crippen molar-refractivity contribution in [2.24, 2.45) is 0 Å². The van der Waals surface area contributed by atoms with Gasteiger partial charge in [-0.2, -0.15) is 0 Å². The van der Waals surface area contributed by atoms with Crippen LogP contribution >= 0.6 is 0 Å².